The van der Waals surface area contributed by atoms with Crippen LogP contribution in [0.2, 0.25) is 0 Å². The highest BCUT2D eigenvalue weighted by Gasteiger charge is 2.27. The summed E-state index contributed by atoms with van der Waals surface area (Å²) in [6.45, 7) is 7.63. The van der Waals surface area contributed by atoms with E-state index in [0.717, 1.165) is 37.4 Å². The van der Waals surface area contributed by atoms with Crippen molar-refractivity contribution in [1.82, 2.24) is 10.3 Å². The molecule has 1 aromatic rings. The minimum absolute atomic E-state index is 0.472. The highest BCUT2D eigenvalue weighted by Crippen LogP contribution is 2.31. The van der Waals surface area contributed by atoms with Gasteiger partial charge in [0.1, 0.15) is 6.26 Å². The Morgan fingerprint density at radius 1 is 1.39 bits per heavy atom. The SMILES string of the molecule is CC1(C)CCN(c2nc(CNC3CC3)co2)CC1. The lowest BCUT2D eigenvalue weighted by Crippen LogP contribution is -2.37. The maximum Gasteiger partial charge on any atom is 0.297 e. The van der Waals surface area contributed by atoms with Crippen LogP contribution >= 0.6 is 0 Å². The summed E-state index contributed by atoms with van der Waals surface area (Å²) in [5, 5.41) is 3.46. The molecule has 1 aromatic heterocycles. The van der Waals surface area contributed by atoms with E-state index in [1.54, 1.807) is 6.26 Å². The Hall–Kier alpha value is -1.03. The van der Waals surface area contributed by atoms with Crippen molar-refractivity contribution in [3.63, 3.8) is 0 Å². The zero-order valence-electron chi connectivity index (χ0n) is 11.4. The van der Waals surface area contributed by atoms with E-state index < -0.39 is 0 Å². The van der Waals surface area contributed by atoms with Crippen LogP contribution in [-0.4, -0.2) is 24.1 Å². The Labute approximate surface area is 109 Å². The molecular weight excluding hydrogens is 226 g/mol. The molecule has 4 heteroatoms. The Morgan fingerprint density at radius 3 is 2.78 bits per heavy atom. The van der Waals surface area contributed by atoms with E-state index in [9.17, 15) is 0 Å². The fourth-order valence-electron chi connectivity index (χ4n) is 2.36. The van der Waals surface area contributed by atoms with E-state index in [0.29, 0.717) is 5.41 Å². The third-order valence-electron chi connectivity index (χ3n) is 4.08. The van der Waals surface area contributed by atoms with Crippen LogP contribution in [0.25, 0.3) is 0 Å². The zero-order chi connectivity index (χ0) is 12.6. The molecule has 0 aromatic carbocycles. The lowest BCUT2D eigenvalue weighted by molar-refractivity contribution is 0.273. The maximum atomic E-state index is 5.60. The molecule has 2 heterocycles. The van der Waals surface area contributed by atoms with Crippen LogP contribution in [0.15, 0.2) is 10.7 Å². The molecule has 0 spiro atoms. The van der Waals surface area contributed by atoms with E-state index in [2.05, 4.69) is 29.0 Å². The highest BCUT2D eigenvalue weighted by molar-refractivity contribution is 5.28. The average molecular weight is 249 g/mol. The summed E-state index contributed by atoms with van der Waals surface area (Å²) in [5.41, 5.74) is 1.50. The zero-order valence-corrected chi connectivity index (χ0v) is 11.4. The first kappa shape index (κ1) is 12.0. The lowest BCUT2D eigenvalue weighted by Gasteiger charge is -2.35. The first-order chi connectivity index (χ1) is 8.62. The van der Waals surface area contributed by atoms with Gasteiger partial charge in [0, 0.05) is 25.7 Å². The molecule has 2 aliphatic rings. The van der Waals surface area contributed by atoms with E-state index in [4.69, 9.17) is 4.42 Å². The monoisotopic (exact) mass is 249 g/mol. The van der Waals surface area contributed by atoms with Crippen LogP contribution in [0.5, 0.6) is 0 Å². The summed E-state index contributed by atoms with van der Waals surface area (Å²) in [6.07, 6.45) is 6.85. The van der Waals surface area contributed by atoms with Gasteiger partial charge >= 0.3 is 0 Å². The smallest absolute Gasteiger partial charge is 0.297 e. The Kier molecular flexibility index (Phi) is 3.06. The molecule has 1 N–H and O–H groups in total. The Balaban J connectivity index is 1.55. The normalized spacial score (nSPS) is 23.3. The molecule has 2 fully saturated rings. The molecule has 3 rings (SSSR count). The molecule has 0 radical (unpaired) electrons. The molecule has 1 aliphatic carbocycles. The molecular formula is C14H23N3O. The van der Waals surface area contributed by atoms with Gasteiger partial charge in [0.05, 0.1) is 5.69 Å². The summed E-state index contributed by atoms with van der Waals surface area (Å²) < 4.78 is 5.60. The van der Waals surface area contributed by atoms with Gasteiger partial charge < -0.3 is 14.6 Å². The van der Waals surface area contributed by atoms with Crippen molar-refractivity contribution in [3.8, 4) is 0 Å². The summed E-state index contributed by atoms with van der Waals surface area (Å²) >= 11 is 0. The van der Waals surface area contributed by atoms with Gasteiger partial charge in [-0.1, -0.05) is 13.8 Å². The summed E-state index contributed by atoms with van der Waals surface area (Å²) in [7, 11) is 0. The third-order valence-corrected chi connectivity index (χ3v) is 4.08. The van der Waals surface area contributed by atoms with Crippen molar-refractivity contribution in [1.29, 1.82) is 0 Å². The van der Waals surface area contributed by atoms with Crippen molar-refractivity contribution in [2.45, 2.75) is 52.1 Å². The van der Waals surface area contributed by atoms with Gasteiger partial charge in [0.25, 0.3) is 6.01 Å². The van der Waals surface area contributed by atoms with Crippen molar-refractivity contribution < 1.29 is 4.42 Å². The largest absolute Gasteiger partial charge is 0.432 e. The number of nitrogens with zero attached hydrogens (tertiary/aromatic N) is 2. The number of hydrogen-bond acceptors (Lipinski definition) is 4. The van der Waals surface area contributed by atoms with E-state index in [1.165, 1.54) is 25.7 Å². The number of oxazole rings is 1. The molecule has 0 amide bonds. The predicted octanol–water partition coefficient (Wildman–Crippen LogP) is 2.55. The molecule has 100 valence electrons. The van der Waals surface area contributed by atoms with Gasteiger partial charge in [0.2, 0.25) is 0 Å². The summed E-state index contributed by atoms with van der Waals surface area (Å²) in [5.74, 6) is 0. The second kappa shape index (κ2) is 4.57. The Morgan fingerprint density at radius 2 is 2.11 bits per heavy atom. The van der Waals surface area contributed by atoms with Gasteiger partial charge in [-0.05, 0) is 31.1 Å². The van der Waals surface area contributed by atoms with Crippen LogP contribution in [0, 0.1) is 5.41 Å². The number of aromatic nitrogens is 1. The molecule has 0 bridgehead atoms. The van der Waals surface area contributed by atoms with Gasteiger partial charge in [-0.3, -0.25) is 0 Å². The fraction of sp³-hybridized carbons (Fsp3) is 0.786. The molecule has 1 aliphatic heterocycles. The fourth-order valence-corrected chi connectivity index (χ4v) is 2.36. The van der Waals surface area contributed by atoms with Crippen molar-refractivity contribution in [2.24, 2.45) is 5.41 Å². The number of piperidine rings is 1. The number of nitrogens with one attached hydrogen (secondary N) is 1. The lowest BCUT2D eigenvalue weighted by atomic mass is 9.83. The van der Waals surface area contributed by atoms with Gasteiger partial charge in [-0.15, -0.1) is 0 Å². The minimum Gasteiger partial charge on any atom is -0.432 e. The predicted molar refractivity (Wildman–Crippen MR) is 71.6 cm³/mol. The topological polar surface area (TPSA) is 41.3 Å². The molecule has 4 nitrogen and oxygen atoms in total. The van der Waals surface area contributed by atoms with E-state index in [1.807, 2.05) is 0 Å². The van der Waals surface area contributed by atoms with Crippen LogP contribution < -0.4 is 10.2 Å². The second-order valence-electron chi connectivity index (χ2n) is 6.43. The molecule has 18 heavy (non-hydrogen) atoms. The average Bonchev–Trinajstić information content (AvgIpc) is 3.05. The summed E-state index contributed by atoms with van der Waals surface area (Å²) in [4.78, 5) is 6.85. The van der Waals surface area contributed by atoms with Gasteiger partial charge in [-0.2, -0.15) is 4.98 Å². The second-order valence-corrected chi connectivity index (χ2v) is 6.43. The van der Waals surface area contributed by atoms with Crippen molar-refractivity contribution in [2.75, 3.05) is 18.0 Å². The Bertz CT molecular complexity index is 399. The van der Waals surface area contributed by atoms with Crippen molar-refractivity contribution >= 4 is 6.01 Å². The number of hydrogen-bond donors (Lipinski definition) is 1. The van der Waals surface area contributed by atoms with Crippen LogP contribution in [-0.2, 0) is 6.54 Å². The van der Waals surface area contributed by atoms with Crippen molar-refractivity contribution in [3.05, 3.63) is 12.0 Å². The van der Waals surface area contributed by atoms with Crippen LogP contribution in [0.3, 0.4) is 0 Å². The molecule has 1 saturated carbocycles. The van der Waals surface area contributed by atoms with Gasteiger partial charge in [-0.25, -0.2) is 0 Å². The highest BCUT2D eigenvalue weighted by atomic mass is 16.4. The maximum absolute atomic E-state index is 5.60. The third kappa shape index (κ3) is 2.86. The van der Waals surface area contributed by atoms with Crippen LogP contribution in [0.4, 0.5) is 6.01 Å². The minimum atomic E-state index is 0.472. The molecule has 0 atom stereocenters. The first-order valence-corrected chi connectivity index (χ1v) is 7.05. The molecule has 0 unspecified atom stereocenters. The quantitative estimate of drug-likeness (QED) is 0.890. The van der Waals surface area contributed by atoms with E-state index >= 15 is 0 Å². The van der Waals surface area contributed by atoms with Gasteiger partial charge in [0.15, 0.2) is 0 Å². The van der Waals surface area contributed by atoms with Crippen LogP contribution in [0.1, 0.15) is 45.2 Å². The standard InChI is InChI=1S/C14H23N3O/c1-14(2)5-7-17(8-6-14)13-16-12(10-18-13)9-15-11-3-4-11/h10-11,15H,3-9H2,1-2H3. The number of rotatable bonds is 4. The first-order valence-electron chi connectivity index (χ1n) is 7.05. The molecule has 1 saturated heterocycles. The van der Waals surface area contributed by atoms with E-state index in [-0.39, 0.29) is 0 Å². The summed E-state index contributed by atoms with van der Waals surface area (Å²) in [6, 6.07) is 1.53. The number of anilines is 1.